The summed E-state index contributed by atoms with van der Waals surface area (Å²) >= 11 is 0. The minimum Gasteiger partial charge on any atom is -0.366 e. The first-order valence-electron chi connectivity index (χ1n) is 5.54. The van der Waals surface area contributed by atoms with Crippen LogP contribution in [0, 0.1) is 6.92 Å². The molecule has 1 aromatic heterocycles. The van der Waals surface area contributed by atoms with Crippen LogP contribution in [0.2, 0.25) is 0 Å². The molecule has 0 saturated heterocycles. The zero-order valence-corrected chi connectivity index (χ0v) is 9.22. The van der Waals surface area contributed by atoms with E-state index in [0.29, 0.717) is 11.9 Å². The Morgan fingerprint density at radius 1 is 1.31 bits per heavy atom. The Balaban J connectivity index is 2.15. The maximum absolute atomic E-state index is 5.69. The number of benzene rings is 1. The third-order valence-corrected chi connectivity index (χ3v) is 2.93. The lowest BCUT2D eigenvalue weighted by molar-refractivity contribution is 0.791. The molecule has 0 spiro atoms. The lowest BCUT2D eigenvalue weighted by Crippen LogP contribution is -2.03. The maximum Gasteiger partial charge on any atom is 0.240 e. The van der Waals surface area contributed by atoms with Crippen molar-refractivity contribution in [1.29, 1.82) is 0 Å². The highest BCUT2D eigenvalue weighted by atomic mass is 15.4. The average molecular weight is 214 g/mol. The first-order chi connectivity index (χ1) is 7.75. The number of para-hydroxylation sites is 1. The van der Waals surface area contributed by atoms with Crippen molar-refractivity contribution in [2.45, 2.75) is 25.7 Å². The van der Waals surface area contributed by atoms with Gasteiger partial charge in [-0.25, -0.2) is 4.68 Å². The second-order valence-electron chi connectivity index (χ2n) is 4.30. The Labute approximate surface area is 94.1 Å². The van der Waals surface area contributed by atoms with E-state index in [4.69, 9.17) is 5.73 Å². The molecule has 2 N–H and O–H groups in total. The van der Waals surface area contributed by atoms with Crippen LogP contribution in [-0.4, -0.2) is 14.8 Å². The maximum atomic E-state index is 5.69. The molecule has 1 aliphatic rings. The van der Waals surface area contributed by atoms with Gasteiger partial charge in [0, 0.05) is 5.92 Å². The van der Waals surface area contributed by atoms with Gasteiger partial charge in [-0.15, -0.1) is 5.10 Å². The number of nitrogens with two attached hydrogens (primary N) is 1. The molecule has 4 nitrogen and oxygen atoms in total. The molecular formula is C12H14N4. The summed E-state index contributed by atoms with van der Waals surface area (Å²) in [5, 5.41) is 4.29. The summed E-state index contributed by atoms with van der Waals surface area (Å²) < 4.78 is 1.89. The quantitative estimate of drug-likeness (QED) is 0.832. The fourth-order valence-electron chi connectivity index (χ4n) is 1.92. The van der Waals surface area contributed by atoms with Gasteiger partial charge in [-0.1, -0.05) is 18.2 Å². The third-order valence-electron chi connectivity index (χ3n) is 2.93. The van der Waals surface area contributed by atoms with E-state index in [0.717, 1.165) is 11.5 Å². The highest BCUT2D eigenvalue weighted by Gasteiger charge is 2.30. The van der Waals surface area contributed by atoms with Crippen LogP contribution in [0.15, 0.2) is 24.3 Å². The van der Waals surface area contributed by atoms with Crippen molar-refractivity contribution in [1.82, 2.24) is 14.8 Å². The predicted octanol–water partition coefficient (Wildman–Crippen LogP) is 2.04. The van der Waals surface area contributed by atoms with Crippen LogP contribution in [-0.2, 0) is 0 Å². The van der Waals surface area contributed by atoms with Crippen molar-refractivity contribution >= 4 is 5.95 Å². The monoisotopic (exact) mass is 214 g/mol. The second-order valence-corrected chi connectivity index (χ2v) is 4.30. The molecule has 0 amide bonds. The molecule has 3 rings (SSSR count). The second kappa shape index (κ2) is 3.33. The molecule has 0 radical (unpaired) electrons. The average Bonchev–Trinajstić information content (AvgIpc) is 3.03. The number of nitrogens with zero attached hydrogens (tertiary/aromatic N) is 3. The Bertz CT molecular complexity index is 526. The van der Waals surface area contributed by atoms with Crippen LogP contribution < -0.4 is 5.73 Å². The van der Waals surface area contributed by atoms with Gasteiger partial charge in [0.15, 0.2) is 0 Å². The number of nitrogen functional groups attached to an aromatic ring is 1. The number of anilines is 1. The molecular weight excluding hydrogens is 200 g/mol. The Hall–Kier alpha value is -1.84. The molecule has 1 aromatic carbocycles. The summed E-state index contributed by atoms with van der Waals surface area (Å²) in [6.45, 7) is 2.07. The normalized spacial score (nSPS) is 15.3. The van der Waals surface area contributed by atoms with Gasteiger partial charge < -0.3 is 5.73 Å². The molecule has 16 heavy (non-hydrogen) atoms. The number of aryl methyl sites for hydroxylation is 1. The fraction of sp³-hybridized carbons (Fsp3) is 0.333. The van der Waals surface area contributed by atoms with E-state index in [2.05, 4.69) is 29.1 Å². The zero-order valence-electron chi connectivity index (χ0n) is 9.22. The van der Waals surface area contributed by atoms with Gasteiger partial charge in [0.1, 0.15) is 5.82 Å². The van der Waals surface area contributed by atoms with Crippen molar-refractivity contribution < 1.29 is 0 Å². The van der Waals surface area contributed by atoms with Crippen LogP contribution in [0.4, 0.5) is 5.95 Å². The number of hydrogen-bond acceptors (Lipinski definition) is 3. The standard InChI is InChI=1S/C12H14N4/c1-8-4-2-3-5-10(8)16-11(9-6-7-9)14-12(13)15-16/h2-5,9H,6-7H2,1H3,(H2,13,15). The topological polar surface area (TPSA) is 56.7 Å². The lowest BCUT2D eigenvalue weighted by atomic mass is 10.2. The van der Waals surface area contributed by atoms with Crippen molar-refractivity contribution in [3.8, 4) is 5.69 Å². The molecule has 4 heteroatoms. The van der Waals surface area contributed by atoms with Gasteiger partial charge in [-0.3, -0.25) is 0 Å². The van der Waals surface area contributed by atoms with E-state index in [9.17, 15) is 0 Å². The SMILES string of the molecule is Cc1ccccc1-n1nc(N)nc1C1CC1. The smallest absolute Gasteiger partial charge is 0.240 e. The van der Waals surface area contributed by atoms with Gasteiger partial charge in [-0.2, -0.15) is 4.98 Å². The Kier molecular flexibility index (Phi) is 1.96. The molecule has 1 heterocycles. The predicted molar refractivity (Wildman–Crippen MR) is 62.5 cm³/mol. The van der Waals surface area contributed by atoms with Gasteiger partial charge in [-0.05, 0) is 31.4 Å². The van der Waals surface area contributed by atoms with E-state index in [1.54, 1.807) is 0 Å². The Morgan fingerprint density at radius 3 is 2.75 bits per heavy atom. The minimum absolute atomic E-state index is 0.366. The number of rotatable bonds is 2. The summed E-state index contributed by atoms with van der Waals surface area (Å²) in [4.78, 5) is 4.32. The van der Waals surface area contributed by atoms with E-state index < -0.39 is 0 Å². The summed E-state index contributed by atoms with van der Waals surface area (Å²) in [6, 6.07) is 8.16. The van der Waals surface area contributed by atoms with Crippen molar-refractivity contribution in [3.05, 3.63) is 35.7 Å². The molecule has 2 aromatic rings. The molecule has 1 saturated carbocycles. The lowest BCUT2D eigenvalue weighted by Gasteiger charge is -2.07. The highest BCUT2D eigenvalue weighted by Crippen LogP contribution is 2.40. The highest BCUT2D eigenvalue weighted by molar-refractivity contribution is 5.41. The van der Waals surface area contributed by atoms with Crippen molar-refractivity contribution in [3.63, 3.8) is 0 Å². The molecule has 1 aliphatic carbocycles. The van der Waals surface area contributed by atoms with E-state index in [-0.39, 0.29) is 0 Å². The summed E-state index contributed by atoms with van der Waals surface area (Å²) in [6.07, 6.45) is 2.40. The Morgan fingerprint density at radius 2 is 2.06 bits per heavy atom. The van der Waals surface area contributed by atoms with Crippen LogP contribution in [0.1, 0.15) is 30.1 Å². The van der Waals surface area contributed by atoms with Crippen molar-refractivity contribution in [2.24, 2.45) is 0 Å². The summed E-state index contributed by atoms with van der Waals surface area (Å²) in [5.74, 6) is 1.92. The van der Waals surface area contributed by atoms with Gasteiger partial charge in [0.2, 0.25) is 5.95 Å². The first kappa shape index (κ1) is 9.39. The van der Waals surface area contributed by atoms with Crippen LogP contribution in [0.25, 0.3) is 5.69 Å². The molecule has 82 valence electrons. The van der Waals surface area contributed by atoms with Crippen LogP contribution >= 0.6 is 0 Å². The molecule has 0 aliphatic heterocycles. The summed E-state index contributed by atoms with van der Waals surface area (Å²) in [5.41, 5.74) is 7.96. The van der Waals surface area contributed by atoms with E-state index >= 15 is 0 Å². The zero-order chi connectivity index (χ0) is 11.1. The van der Waals surface area contributed by atoms with Gasteiger partial charge >= 0.3 is 0 Å². The number of hydrogen-bond donors (Lipinski definition) is 1. The number of aromatic nitrogens is 3. The van der Waals surface area contributed by atoms with Gasteiger partial charge in [0.05, 0.1) is 5.69 Å². The van der Waals surface area contributed by atoms with Crippen LogP contribution in [0.5, 0.6) is 0 Å². The van der Waals surface area contributed by atoms with E-state index in [1.807, 2.05) is 16.8 Å². The molecule has 0 bridgehead atoms. The largest absolute Gasteiger partial charge is 0.366 e. The fourth-order valence-corrected chi connectivity index (χ4v) is 1.92. The summed E-state index contributed by atoms with van der Waals surface area (Å²) in [7, 11) is 0. The molecule has 0 atom stereocenters. The molecule has 1 fully saturated rings. The van der Waals surface area contributed by atoms with Gasteiger partial charge in [0.25, 0.3) is 0 Å². The van der Waals surface area contributed by atoms with E-state index in [1.165, 1.54) is 18.4 Å². The van der Waals surface area contributed by atoms with Crippen LogP contribution in [0.3, 0.4) is 0 Å². The first-order valence-corrected chi connectivity index (χ1v) is 5.54. The third kappa shape index (κ3) is 1.46. The minimum atomic E-state index is 0.366. The molecule has 0 unspecified atom stereocenters. The van der Waals surface area contributed by atoms with Crippen molar-refractivity contribution in [2.75, 3.05) is 5.73 Å².